The van der Waals surface area contributed by atoms with Crippen LogP contribution in [-0.2, 0) is 39.1 Å². The molecule has 0 fully saturated rings. The van der Waals surface area contributed by atoms with Gasteiger partial charge in [0.25, 0.3) is 0 Å². The third kappa shape index (κ3) is 7.48. The minimum Gasteiger partial charge on any atom is -0.508 e. The summed E-state index contributed by atoms with van der Waals surface area (Å²) in [6.07, 6.45) is 2.86. The van der Waals surface area contributed by atoms with Gasteiger partial charge < -0.3 is 17.3 Å². The van der Waals surface area contributed by atoms with Crippen LogP contribution in [0.4, 0.5) is 0 Å². The van der Waals surface area contributed by atoms with Gasteiger partial charge in [0.2, 0.25) is 0 Å². The standard InChI is InChI=1S/C9H12NO.C2H6.Y/c10-7-1-2-8-3-5-9(11)6-4-8;1-2;/h1,3-6,11H,2,7,10H2;1-2H3;/q-1;;. The molecule has 2 nitrogen and oxygen atoms in total. The summed E-state index contributed by atoms with van der Waals surface area (Å²) < 4.78 is 0. The molecule has 14 heavy (non-hydrogen) atoms. The molecule has 0 aliphatic heterocycles. The molecule has 0 aliphatic rings. The first-order chi connectivity index (χ1) is 6.33. The maximum absolute atomic E-state index is 8.95. The van der Waals surface area contributed by atoms with Crippen LogP contribution in [-0.4, -0.2) is 11.7 Å². The molecule has 1 aromatic carbocycles. The summed E-state index contributed by atoms with van der Waals surface area (Å²) in [7, 11) is 0. The minimum absolute atomic E-state index is 0. The number of phenolic OH excluding ortho intramolecular Hbond substituents is 1. The quantitative estimate of drug-likeness (QED) is 0.826. The molecule has 0 saturated heterocycles. The minimum atomic E-state index is 0. The fourth-order valence-corrected chi connectivity index (χ4v) is 0.882. The van der Waals surface area contributed by atoms with Gasteiger partial charge in [0.05, 0.1) is 0 Å². The molecule has 0 aliphatic carbocycles. The van der Waals surface area contributed by atoms with Gasteiger partial charge in [-0.2, -0.15) is 6.42 Å². The van der Waals surface area contributed by atoms with E-state index in [0.717, 1.165) is 6.42 Å². The van der Waals surface area contributed by atoms with Crippen LogP contribution in [0.25, 0.3) is 0 Å². The largest absolute Gasteiger partial charge is 0.508 e. The Morgan fingerprint density at radius 1 is 1.21 bits per heavy atom. The van der Waals surface area contributed by atoms with Gasteiger partial charge in [0.15, 0.2) is 0 Å². The zero-order chi connectivity index (χ0) is 10.1. The predicted octanol–water partition coefficient (Wildman–Crippen LogP) is 2.12. The summed E-state index contributed by atoms with van der Waals surface area (Å²) in [6.45, 7) is 4.60. The third-order valence-corrected chi connectivity index (χ3v) is 1.48. The van der Waals surface area contributed by atoms with Gasteiger partial charge in [-0.15, -0.1) is 6.54 Å². The molecule has 1 radical (unpaired) electrons. The molecule has 0 amide bonds. The van der Waals surface area contributed by atoms with Crippen LogP contribution in [0.5, 0.6) is 5.75 Å². The second-order valence-corrected chi connectivity index (χ2v) is 2.39. The van der Waals surface area contributed by atoms with Crippen molar-refractivity contribution < 1.29 is 37.8 Å². The Kier molecular flexibility index (Phi) is 13.2. The SMILES string of the molecule is CC.NC[CH-]Cc1ccc(O)cc1.[Y]. The molecule has 0 atom stereocenters. The Balaban J connectivity index is 0. The number of rotatable bonds is 3. The number of hydrogen-bond acceptors (Lipinski definition) is 2. The Morgan fingerprint density at radius 3 is 2.14 bits per heavy atom. The van der Waals surface area contributed by atoms with Crippen LogP contribution >= 0.6 is 0 Å². The average Bonchev–Trinajstić information content (AvgIpc) is 2.20. The van der Waals surface area contributed by atoms with Crippen molar-refractivity contribution in [1.29, 1.82) is 0 Å². The van der Waals surface area contributed by atoms with Crippen molar-refractivity contribution in [3.8, 4) is 5.75 Å². The van der Waals surface area contributed by atoms with Crippen molar-refractivity contribution >= 4 is 0 Å². The summed E-state index contributed by atoms with van der Waals surface area (Å²) in [5, 5.41) is 8.95. The monoisotopic (exact) mass is 269 g/mol. The fourth-order valence-electron chi connectivity index (χ4n) is 0.882. The van der Waals surface area contributed by atoms with E-state index >= 15 is 0 Å². The van der Waals surface area contributed by atoms with Crippen molar-refractivity contribution in [2.24, 2.45) is 5.73 Å². The van der Waals surface area contributed by atoms with E-state index in [9.17, 15) is 0 Å². The van der Waals surface area contributed by atoms with E-state index in [4.69, 9.17) is 10.8 Å². The summed E-state index contributed by atoms with van der Waals surface area (Å²) in [5.74, 6) is 0.307. The Morgan fingerprint density at radius 2 is 1.71 bits per heavy atom. The number of phenols is 1. The third-order valence-electron chi connectivity index (χ3n) is 1.48. The zero-order valence-corrected chi connectivity index (χ0v) is 11.7. The number of hydrogen-bond donors (Lipinski definition) is 2. The number of benzene rings is 1. The molecule has 0 aromatic heterocycles. The van der Waals surface area contributed by atoms with Crippen LogP contribution in [0.1, 0.15) is 19.4 Å². The van der Waals surface area contributed by atoms with Gasteiger partial charge in [-0.05, 0) is 12.1 Å². The van der Waals surface area contributed by atoms with Gasteiger partial charge in [0, 0.05) is 32.7 Å². The zero-order valence-electron chi connectivity index (χ0n) is 8.90. The molecule has 0 bridgehead atoms. The summed E-state index contributed by atoms with van der Waals surface area (Å²) in [4.78, 5) is 0. The molecule has 1 aromatic rings. The first kappa shape index (κ1) is 16.5. The Bertz CT molecular complexity index is 211. The van der Waals surface area contributed by atoms with E-state index in [1.54, 1.807) is 12.1 Å². The first-order valence-corrected chi connectivity index (χ1v) is 4.62. The van der Waals surface area contributed by atoms with Gasteiger partial charge in [0.1, 0.15) is 5.75 Å². The molecule has 0 saturated carbocycles. The van der Waals surface area contributed by atoms with Crippen LogP contribution in [0.15, 0.2) is 24.3 Å². The van der Waals surface area contributed by atoms with Crippen molar-refractivity contribution in [3.05, 3.63) is 36.2 Å². The molecular formula is C11H18NOY-. The molecule has 0 unspecified atom stereocenters. The van der Waals surface area contributed by atoms with Crippen LogP contribution in [0.3, 0.4) is 0 Å². The second kappa shape index (κ2) is 11.2. The van der Waals surface area contributed by atoms with Crippen molar-refractivity contribution in [1.82, 2.24) is 0 Å². The fraction of sp³-hybridized carbons (Fsp3) is 0.364. The van der Waals surface area contributed by atoms with E-state index in [-0.39, 0.29) is 32.7 Å². The number of nitrogens with two attached hydrogens (primary N) is 1. The average molecular weight is 269 g/mol. The summed E-state index contributed by atoms with van der Waals surface area (Å²) in [5.41, 5.74) is 6.48. The molecule has 77 valence electrons. The van der Waals surface area contributed by atoms with Crippen molar-refractivity contribution in [3.63, 3.8) is 0 Å². The summed E-state index contributed by atoms with van der Waals surface area (Å²) >= 11 is 0. The maximum Gasteiger partial charge on any atom is 0.115 e. The maximum atomic E-state index is 8.95. The van der Waals surface area contributed by atoms with E-state index in [1.807, 2.05) is 32.4 Å². The van der Waals surface area contributed by atoms with E-state index in [1.165, 1.54) is 5.56 Å². The van der Waals surface area contributed by atoms with Crippen molar-refractivity contribution in [2.45, 2.75) is 20.3 Å². The topological polar surface area (TPSA) is 46.2 Å². The molecule has 0 spiro atoms. The Labute approximate surface area is 112 Å². The molecule has 0 heterocycles. The van der Waals surface area contributed by atoms with Crippen LogP contribution in [0, 0.1) is 6.42 Å². The van der Waals surface area contributed by atoms with Gasteiger partial charge in [-0.3, -0.25) is 0 Å². The normalized spacial score (nSPS) is 8.21. The smallest absolute Gasteiger partial charge is 0.115 e. The van der Waals surface area contributed by atoms with E-state index < -0.39 is 0 Å². The van der Waals surface area contributed by atoms with Gasteiger partial charge >= 0.3 is 0 Å². The second-order valence-electron chi connectivity index (χ2n) is 2.39. The predicted molar refractivity (Wildman–Crippen MR) is 56.5 cm³/mol. The molecule has 3 N–H and O–H groups in total. The van der Waals surface area contributed by atoms with Gasteiger partial charge in [-0.1, -0.05) is 31.5 Å². The van der Waals surface area contributed by atoms with Gasteiger partial charge in [-0.25, -0.2) is 0 Å². The van der Waals surface area contributed by atoms with E-state index in [0.29, 0.717) is 12.3 Å². The summed E-state index contributed by atoms with van der Waals surface area (Å²) in [6, 6.07) is 7.14. The van der Waals surface area contributed by atoms with Crippen LogP contribution in [0.2, 0.25) is 0 Å². The molecule has 3 heteroatoms. The first-order valence-electron chi connectivity index (χ1n) is 4.62. The van der Waals surface area contributed by atoms with Crippen LogP contribution < -0.4 is 5.73 Å². The van der Waals surface area contributed by atoms with Crippen molar-refractivity contribution in [2.75, 3.05) is 6.54 Å². The molecular weight excluding hydrogens is 251 g/mol. The Hall–Kier alpha value is 0.0839. The van der Waals surface area contributed by atoms with E-state index in [2.05, 4.69) is 0 Å². The number of aromatic hydroxyl groups is 1. The molecule has 1 rings (SSSR count).